The molecule has 0 saturated heterocycles. The molecule has 120 valence electrons. The largest absolute Gasteiger partial charge is 0.494 e. The SMILES string of the molecule is CCOCC(C)NS(=O)(=O)c1ccc(OCC)c(CO)c1. The van der Waals surface area contributed by atoms with Gasteiger partial charge in [-0.15, -0.1) is 0 Å². The Hall–Kier alpha value is -1.15. The normalized spacial score (nSPS) is 13.1. The molecule has 0 amide bonds. The van der Waals surface area contributed by atoms with Gasteiger partial charge in [-0.3, -0.25) is 0 Å². The maximum atomic E-state index is 12.3. The molecule has 7 heteroatoms. The lowest BCUT2D eigenvalue weighted by Crippen LogP contribution is -2.35. The lowest BCUT2D eigenvalue weighted by molar-refractivity contribution is 0.133. The molecule has 1 rings (SSSR count). The smallest absolute Gasteiger partial charge is 0.240 e. The van der Waals surface area contributed by atoms with Crippen LogP contribution in [0.4, 0.5) is 0 Å². The Morgan fingerprint density at radius 1 is 1.29 bits per heavy atom. The highest BCUT2D eigenvalue weighted by molar-refractivity contribution is 7.89. The molecule has 0 fully saturated rings. The third-order valence-electron chi connectivity index (χ3n) is 2.74. The zero-order valence-electron chi connectivity index (χ0n) is 12.6. The van der Waals surface area contributed by atoms with Gasteiger partial charge in [0.15, 0.2) is 0 Å². The second-order valence-electron chi connectivity index (χ2n) is 4.54. The molecule has 0 heterocycles. The summed E-state index contributed by atoms with van der Waals surface area (Å²) in [4.78, 5) is 0.0957. The minimum atomic E-state index is -3.65. The van der Waals surface area contributed by atoms with E-state index in [0.717, 1.165) is 0 Å². The average Bonchev–Trinajstić information content (AvgIpc) is 2.45. The highest BCUT2D eigenvalue weighted by Gasteiger charge is 2.19. The first-order chi connectivity index (χ1) is 9.94. The van der Waals surface area contributed by atoms with E-state index < -0.39 is 10.0 Å². The van der Waals surface area contributed by atoms with Crippen molar-refractivity contribution < 1.29 is 23.0 Å². The van der Waals surface area contributed by atoms with Crippen molar-refractivity contribution in [1.82, 2.24) is 4.72 Å². The van der Waals surface area contributed by atoms with E-state index in [1.165, 1.54) is 12.1 Å². The zero-order valence-corrected chi connectivity index (χ0v) is 13.4. The number of aliphatic hydroxyl groups is 1. The average molecular weight is 317 g/mol. The van der Waals surface area contributed by atoms with Crippen molar-refractivity contribution >= 4 is 10.0 Å². The van der Waals surface area contributed by atoms with Crippen LogP contribution < -0.4 is 9.46 Å². The van der Waals surface area contributed by atoms with Crippen molar-refractivity contribution in [3.05, 3.63) is 23.8 Å². The quantitative estimate of drug-likeness (QED) is 0.717. The number of ether oxygens (including phenoxy) is 2. The summed E-state index contributed by atoms with van der Waals surface area (Å²) in [6, 6.07) is 4.09. The Morgan fingerprint density at radius 3 is 2.57 bits per heavy atom. The fraction of sp³-hybridized carbons (Fsp3) is 0.571. The molecule has 21 heavy (non-hydrogen) atoms. The van der Waals surface area contributed by atoms with Gasteiger partial charge in [-0.1, -0.05) is 0 Å². The first-order valence-electron chi connectivity index (χ1n) is 6.91. The zero-order chi connectivity index (χ0) is 15.9. The van der Waals surface area contributed by atoms with Gasteiger partial charge < -0.3 is 14.6 Å². The third kappa shape index (κ3) is 5.28. The monoisotopic (exact) mass is 317 g/mol. The summed E-state index contributed by atoms with van der Waals surface area (Å²) in [5.74, 6) is 0.487. The van der Waals surface area contributed by atoms with Crippen LogP contribution in [-0.4, -0.2) is 39.4 Å². The molecule has 6 nitrogen and oxygen atoms in total. The van der Waals surface area contributed by atoms with Gasteiger partial charge in [-0.25, -0.2) is 13.1 Å². The fourth-order valence-electron chi connectivity index (χ4n) is 1.80. The molecule has 0 radical (unpaired) electrons. The molecule has 0 aliphatic rings. The van der Waals surface area contributed by atoms with Crippen molar-refractivity contribution in [2.24, 2.45) is 0 Å². The van der Waals surface area contributed by atoms with Crippen molar-refractivity contribution in [3.63, 3.8) is 0 Å². The van der Waals surface area contributed by atoms with Crippen LogP contribution in [0.2, 0.25) is 0 Å². The van der Waals surface area contributed by atoms with Crippen LogP contribution in [0.25, 0.3) is 0 Å². The Morgan fingerprint density at radius 2 is 2.00 bits per heavy atom. The molecule has 1 atom stereocenters. The van der Waals surface area contributed by atoms with Crippen molar-refractivity contribution in [1.29, 1.82) is 0 Å². The number of hydrogen-bond acceptors (Lipinski definition) is 5. The first kappa shape index (κ1) is 17.9. The Bertz CT molecular complexity index is 544. The van der Waals surface area contributed by atoms with E-state index in [1.54, 1.807) is 13.0 Å². The van der Waals surface area contributed by atoms with Crippen LogP contribution in [0, 0.1) is 0 Å². The summed E-state index contributed by atoms with van der Waals surface area (Å²) < 4.78 is 37.6. The van der Waals surface area contributed by atoms with Crippen LogP contribution in [-0.2, 0) is 21.4 Å². The van der Waals surface area contributed by atoms with E-state index in [-0.39, 0.29) is 17.5 Å². The van der Waals surface area contributed by atoms with E-state index in [0.29, 0.717) is 31.1 Å². The number of sulfonamides is 1. The summed E-state index contributed by atoms with van der Waals surface area (Å²) in [7, 11) is -3.65. The van der Waals surface area contributed by atoms with Crippen LogP contribution in [0.1, 0.15) is 26.3 Å². The number of nitrogens with one attached hydrogen (secondary N) is 1. The predicted molar refractivity (Wildman–Crippen MR) is 79.8 cm³/mol. The van der Waals surface area contributed by atoms with Crippen molar-refractivity contribution in [2.75, 3.05) is 19.8 Å². The van der Waals surface area contributed by atoms with E-state index in [9.17, 15) is 13.5 Å². The second kappa shape index (κ2) is 8.33. The molecular weight excluding hydrogens is 294 g/mol. The molecule has 0 saturated carbocycles. The highest BCUT2D eigenvalue weighted by Crippen LogP contribution is 2.23. The van der Waals surface area contributed by atoms with E-state index in [4.69, 9.17) is 9.47 Å². The molecular formula is C14H23NO5S. The summed E-state index contributed by atoms with van der Waals surface area (Å²) in [5.41, 5.74) is 0.442. The van der Waals surface area contributed by atoms with Gasteiger partial charge in [-0.2, -0.15) is 0 Å². The van der Waals surface area contributed by atoms with E-state index in [1.807, 2.05) is 13.8 Å². The molecule has 0 aliphatic heterocycles. The number of benzene rings is 1. The molecule has 0 spiro atoms. The molecule has 1 unspecified atom stereocenters. The number of hydrogen-bond donors (Lipinski definition) is 2. The van der Waals surface area contributed by atoms with Crippen LogP contribution in [0.15, 0.2) is 23.1 Å². The standard InChI is InChI=1S/C14H23NO5S/c1-4-19-10-11(3)15-21(17,18)13-6-7-14(20-5-2)12(8-13)9-16/h6-8,11,15-16H,4-5,9-10H2,1-3H3. The van der Waals surface area contributed by atoms with E-state index >= 15 is 0 Å². The summed E-state index contributed by atoms with van der Waals surface area (Å²) >= 11 is 0. The molecule has 0 bridgehead atoms. The summed E-state index contributed by atoms with van der Waals surface area (Å²) in [6.45, 7) is 6.40. The van der Waals surface area contributed by atoms with Crippen LogP contribution in [0.3, 0.4) is 0 Å². The Labute approximate surface area is 126 Å². The second-order valence-corrected chi connectivity index (χ2v) is 6.26. The molecule has 0 aliphatic carbocycles. The minimum Gasteiger partial charge on any atom is -0.494 e. The first-order valence-corrected chi connectivity index (χ1v) is 8.39. The number of aliphatic hydroxyl groups excluding tert-OH is 1. The van der Waals surface area contributed by atoms with Gasteiger partial charge in [-0.05, 0) is 39.0 Å². The number of rotatable bonds is 9. The van der Waals surface area contributed by atoms with Crippen LogP contribution >= 0.6 is 0 Å². The van der Waals surface area contributed by atoms with E-state index in [2.05, 4.69) is 4.72 Å². The van der Waals surface area contributed by atoms with Gasteiger partial charge >= 0.3 is 0 Å². The van der Waals surface area contributed by atoms with Crippen molar-refractivity contribution in [3.8, 4) is 5.75 Å². The highest BCUT2D eigenvalue weighted by atomic mass is 32.2. The van der Waals surface area contributed by atoms with Gasteiger partial charge in [0.2, 0.25) is 10.0 Å². The minimum absolute atomic E-state index is 0.0957. The lowest BCUT2D eigenvalue weighted by Gasteiger charge is -2.15. The molecule has 0 aromatic heterocycles. The molecule has 1 aromatic rings. The Kier molecular flexibility index (Phi) is 7.10. The van der Waals surface area contributed by atoms with Crippen molar-refractivity contribution in [2.45, 2.75) is 38.3 Å². The molecule has 2 N–H and O–H groups in total. The van der Waals surface area contributed by atoms with Crippen LogP contribution in [0.5, 0.6) is 5.75 Å². The Balaban J connectivity index is 2.92. The lowest BCUT2D eigenvalue weighted by atomic mass is 10.2. The van der Waals surface area contributed by atoms with Gasteiger partial charge in [0.25, 0.3) is 0 Å². The summed E-state index contributed by atoms with van der Waals surface area (Å²) in [6.07, 6.45) is 0. The topological polar surface area (TPSA) is 84.9 Å². The predicted octanol–water partition coefficient (Wildman–Crippen LogP) is 1.28. The van der Waals surface area contributed by atoms with Gasteiger partial charge in [0.05, 0.1) is 24.7 Å². The summed E-state index contributed by atoms with van der Waals surface area (Å²) in [5, 5.41) is 9.32. The molecule has 1 aromatic carbocycles. The maximum absolute atomic E-state index is 12.3. The third-order valence-corrected chi connectivity index (χ3v) is 4.33. The maximum Gasteiger partial charge on any atom is 0.240 e. The van der Waals surface area contributed by atoms with Gasteiger partial charge in [0.1, 0.15) is 5.75 Å². The fourth-order valence-corrected chi connectivity index (χ4v) is 3.08. The van der Waals surface area contributed by atoms with Gasteiger partial charge in [0, 0.05) is 18.2 Å².